The molecule has 0 atom stereocenters. The molecule has 0 saturated heterocycles. The molecule has 1 saturated carbocycles. The van der Waals surface area contributed by atoms with Gasteiger partial charge in [0.1, 0.15) is 5.00 Å². The molecule has 1 aromatic heterocycles. The highest BCUT2D eigenvalue weighted by Crippen LogP contribution is 2.21. The maximum absolute atomic E-state index is 11.3. The number of carbonyl (C=O) groups is 1. The average molecular weight is 197 g/mol. The maximum Gasteiger partial charge on any atom is 0.320 e. The fourth-order valence-electron chi connectivity index (χ4n) is 0.974. The second-order valence-electron chi connectivity index (χ2n) is 3.14. The molecule has 1 aliphatic rings. The largest absolute Gasteiger partial charge is 0.335 e. The normalized spacial score (nSPS) is 15.5. The van der Waals surface area contributed by atoms with Crippen molar-refractivity contribution in [3.63, 3.8) is 0 Å². The first kappa shape index (κ1) is 8.50. The Morgan fingerprint density at radius 3 is 3.00 bits per heavy atom. The van der Waals surface area contributed by atoms with Gasteiger partial charge in [0.15, 0.2) is 0 Å². The molecule has 13 heavy (non-hydrogen) atoms. The molecule has 70 valence electrons. The van der Waals surface area contributed by atoms with Gasteiger partial charge in [-0.3, -0.25) is 5.32 Å². The highest BCUT2D eigenvalue weighted by molar-refractivity contribution is 7.14. The van der Waals surface area contributed by atoms with Crippen LogP contribution in [0.2, 0.25) is 0 Å². The Kier molecular flexibility index (Phi) is 2.18. The monoisotopic (exact) mass is 197 g/mol. The van der Waals surface area contributed by atoms with Crippen LogP contribution >= 0.6 is 11.3 Å². The fraction of sp³-hybridized carbons (Fsp3) is 0.500. The van der Waals surface area contributed by atoms with Crippen LogP contribution in [0, 0.1) is 6.92 Å². The van der Waals surface area contributed by atoms with Crippen molar-refractivity contribution in [3.05, 3.63) is 11.2 Å². The Bertz CT molecular complexity index is 319. The van der Waals surface area contributed by atoms with Crippen LogP contribution in [0.25, 0.3) is 0 Å². The lowest BCUT2D eigenvalue weighted by Gasteiger charge is -2.03. The van der Waals surface area contributed by atoms with Gasteiger partial charge in [-0.1, -0.05) is 0 Å². The Morgan fingerprint density at radius 2 is 2.46 bits per heavy atom. The second kappa shape index (κ2) is 3.33. The molecule has 0 unspecified atom stereocenters. The number of carbonyl (C=O) groups excluding carboxylic acids is 1. The van der Waals surface area contributed by atoms with Gasteiger partial charge in [-0.05, 0) is 19.8 Å². The number of urea groups is 1. The smallest absolute Gasteiger partial charge is 0.320 e. The molecule has 1 heterocycles. The van der Waals surface area contributed by atoms with Crippen LogP contribution in [0.5, 0.6) is 0 Å². The van der Waals surface area contributed by atoms with Crippen LogP contribution < -0.4 is 10.6 Å². The van der Waals surface area contributed by atoms with Gasteiger partial charge in [-0.15, -0.1) is 11.3 Å². The summed E-state index contributed by atoms with van der Waals surface area (Å²) in [6, 6.07) is 0.281. The number of hydrogen-bond donors (Lipinski definition) is 2. The van der Waals surface area contributed by atoms with Crippen molar-refractivity contribution < 1.29 is 4.79 Å². The number of anilines is 1. The molecule has 1 fully saturated rings. The Labute approximate surface area is 80.4 Å². The topological polar surface area (TPSA) is 54.0 Å². The average Bonchev–Trinajstić information content (AvgIpc) is 2.79. The van der Waals surface area contributed by atoms with Gasteiger partial charge in [-0.25, -0.2) is 9.78 Å². The van der Waals surface area contributed by atoms with Crippen LogP contribution in [0.3, 0.4) is 0 Å². The van der Waals surface area contributed by atoms with E-state index in [2.05, 4.69) is 15.6 Å². The summed E-state index contributed by atoms with van der Waals surface area (Å²) < 4.78 is 0. The third-order valence-corrected chi connectivity index (χ3v) is 2.73. The lowest BCUT2D eigenvalue weighted by molar-refractivity contribution is 0.252. The van der Waals surface area contributed by atoms with Gasteiger partial charge in [0.05, 0.1) is 11.2 Å². The van der Waals surface area contributed by atoms with E-state index in [-0.39, 0.29) is 6.03 Å². The van der Waals surface area contributed by atoms with Crippen LogP contribution in [0.1, 0.15) is 18.5 Å². The van der Waals surface area contributed by atoms with E-state index in [4.69, 9.17) is 0 Å². The van der Waals surface area contributed by atoms with E-state index >= 15 is 0 Å². The van der Waals surface area contributed by atoms with E-state index < -0.39 is 0 Å². The minimum atomic E-state index is -0.116. The van der Waals surface area contributed by atoms with Crippen molar-refractivity contribution in [2.75, 3.05) is 5.32 Å². The summed E-state index contributed by atoms with van der Waals surface area (Å²) in [6.07, 6.45) is 2.21. The number of aromatic nitrogens is 1. The summed E-state index contributed by atoms with van der Waals surface area (Å²) in [7, 11) is 0. The molecular formula is C8H11N3OS. The van der Waals surface area contributed by atoms with Crippen LogP contribution in [0.15, 0.2) is 5.51 Å². The van der Waals surface area contributed by atoms with Gasteiger partial charge in [0.2, 0.25) is 0 Å². The Balaban J connectivity index is 1.89. The third kappa shape index (κ3) is 2.18. The van der Waals surface area contributed by atoms with Gasteiger partial charge >= 0.3 is 6.03 Å². The number of rotatable bonds is 2. The number of nitrogens with zero attached hydrogens (tertiary/aromatic N) is 1. The van der Waals surface area contributed by atoms with Crippen molar-refractivity contribution in [1.82, 2.24) is 10.3 Å². The summed E-state index contributed by atoms with van der Waals surface area (Å²) >= 11 is 1.44. The molecule has 0 aromatic carbocycles. The van der Waals surface area contributed by atoms with Crippen molar-refractivity contribution in [2.24, 2.45) is 0 Å². The Hall–Kier alpha value is -1.10. The quantitative estimate of drug-likeness (QED) is 0.758. The Morgan fingerprint density at radius 1 is 1.69 bits per heavy atom. The summed E-state index contributed by atoms with van der Waals surface area (Å²) in [5, 5.41) is 6.45. The summed E-state index contributed by atoms with van der Waals surface area (Å²) in [6.45, 7) is 1.88. The van der Waals surface area contributed by atoms with Gasteiger partial charge in [0, 0.05) is 6.04 Å². The number of aryl methyl sites for hydroxylation is 1. The molecule has 2 N–H and O–H groups in total. The zero-order valence-corrected chi connectivity index (χ0v) is 8.15. The lowest BCUT2D eigenvalue weighted by atomic mass is 10.5. The molecule has 2 rings (SSSR count). The molecule has 2 amide bonds. The first-order valence-corrected chi connectivity index (χ1v) is 5.11. The molecule has 4 nitrogen and oxygen atoms in total. The van der Waals surface area contributed by atoms with Crippen molar-refractivity contribution in [2.45, 2.75) is 25.8 Å². The van der Waals surface area contributed by atoms with E-state index in [0.717, 1.165) is 23.5 Å². The van der Waals surface area contributed by atoms with E-state index in [9.17, 15) is 4.79 Å². The van der Waals surface area contributed by atoms with Crippen LogP contribution in [-0.2, 0) is 0 Å². The predicted octanol–water partition coefficient (Wildman–Crippen LogP) is 1.74. The lowest BCUT2D eigenvalue weighted by Crippen LogP contribution is -2.30. The van der Waals surface area contributed by atoms with E-state index in [1.165, 1.54) is 11.3 Å². The van der Waals surface area contributed by atoms with Crippen LogP contribution in [0.4, 0.5) is 9.80 Å². The molecule has 0 spiro atoms. The molecule has 1 aromatic rings. The molecule has 0 radical (unpaired) electrons. The van der Waals surface area contributed by atoms with Gasteiger partial charge in [0.25, 0.3) is 0 Å². The minimum absolute atomic E-state index is 0.116. The zero-order chi connectivity index (χ0) is 9.26. The fourth-order valence-corrected chi connectivity index (χ4v) is 1.67. The summed E-state index contributed by atoms with van der Waals surface area (Å²) in [4.78, 5) is 15.3. The molecule has 0 bridgehead atoms. The number of nitrogens with one attached hydrogen (secondary N) is 2. The van der Waals surface area contributed by atoms with Crippen molar-refractivity contribution in [1.29, 1.82) is 0 Å². The zero-order valence-electron chi connectivity index (χ0n) is 7.33. The minimum Gasteiger partial charge on any atom is -0.335 e. The van der Waals surface area contributed by atoms with Gasteiger partial charge in [-0.2, -0.15) is 0 Å². The van der Waals surface area contributed by atoms with Crippen molar-refractivity contribution >= 4 is 22.4 Å². The maximum atomic E-state index is 11.3. The second-order valence-corrected chi connectivity index (χ2v) is 3.99. The third-order valence-electron chi connectivity index (χ3n) is 1.89. The molecule has 0 aliphatic heterocycles. The predicted molar refractivity (Wildman–Crippen MR) is 52.0 cm³/mol. The van der Waals surface area contributed by atoms with Crippen molar-refractivity contribution in [3.8, 4) is 0 Å². The number of thiazole rings is 1. The highest BCUT2D eigenvalue weighted by Gasteiger charge is 2.23. The molecular weight excluding hydrogens is 186 g/mol. The molecule has 5 heteroatoms. The summed E-state index contributed by atoms with van der Waals surface area (Å²) in [5.41, 5.74) is 2.60. The summed E-state index contributed by atoms with van der Waals surface area (Å²) in [5.74, 6) is 0. The number of hydrogen-bond acceptors (Lipinski definition) is 3. The first-order chi connectivity index (χ1) is 6.25. The first-order valence-electron chi connectivity index (χ1n) is 4.23. The number of amides is 2. The SMILES string of the molecule is Cc1ncsc1NC(=O)NC1CC1. The highest BCUT2D eigenvalue weighted by atomic mass is 32.1. The van der Waals surface area contributed by atoms with Gasteiger partial charge < -0.3 is 5.32 Å². The molecule has 1 aliphatic carbocycles. The van der Waals surface area contributed by atoms with Crippen LogP contribution in [-0.4, -0.2) is 17.1 Å². The standard InChI is InChI=1S/C8H11N3OS/c1-5-7(13-4-9-5)11-8(12)10-6-2-3-6/h4,6H,2-3H2,1H3,(H2,10,11,12). The van der Waals surface area contributed by atoms with E-state index in [1.807, 2.05) is 6.92 Å². The van der Waals surface area contributed by atoms with E-state index in [1.54, 1.807) is 5.51 Å². The van der Waals surface area contributed by atoms with E-state index in [0.29, 0.717) is 6.04 Å².